The molecular weight excluding hydrogens is 150 g/mol. The van der Waals surface area contributed by atoms with Crippen LogP contribution in [0.15, 0.2) is 0 Å². The normalized spacial score (nSPS) is 29.0. The molecule has 0 spiro atoms. The van der Waals surface area contributed by atoms with Gasteiger partial charge in [-0.1, -0.05) is 33.1 Å². The fraction of sp³-hybridized carbons (Fsp3) is 0.900. The lowest BCUT2D eigenvalue weighted by Crippen LogP contribution is -2.25. The van der Waals surface area contributed by atoms with Crippen molar-refractivity contribution in [1.29, 1.82) is 0 Å². The molecule has 0 aliphatic carbocycles. The second-order valence-electron chi connectivity index (χ2n) is 3.84. The van der Waals surface area contributed by atoms with Gasteiger partial charge < -0.3 is 5.32 Å². The van der Waals surface area contributed by atoms with Crippen molar-refractivity contribution in [3.63, 3.8) is 0 Å². The Morgan fingerprint density at radius 1 is 1.50 bits per heavy atom. The Kier molecular flexibility index (Phi) is 3.57. The quantitative estimate of drug-likeness (QED) is 0.641. The number of amides is 1. The Hall–Kier alpha value is -0.530. The van der Waals surface area contributed by atoms with Gasteiger partial charge in [0.1, 0.15) is 0 Å². The summed E-state index contributed by atoms with van der Waals surface area (Å²) in [5.41, 5.74) is 0. The first-order valence-corrected chi connectivity index (χ1v) is 5.04. The average Bonchev–Trinajstić information content (AvgIpc) is 2.32. The Bertz CT molecular complexity index is 156. The summed E-state index contributed by atoms with van der Waals surface area (Å²) in [6.45, 7) is 4.21. The standard InChI is InChI=1S/C10H19NO/c1-3-4-5-6-9-7-8(2)10(12)11-9/h8-9H,3-7H2,1-2H3,(H,11,12). The molecule has 1 N–H and O–H groups in total. The summed E-state index contributed by atoms with van der Waals surface area (Å²) >= 11 is 0. The predicted octanol–water partition coefficient (Wildman–Crippen LogP) is 2.09. The van der Waals surface area contributed by atoms with Crippen LogP contribution < -0.4 is 5.32 Å². The lowest BCUT2D eigenvalue weighted by molar-refractivity contribution is -0.122. The molecule has 0 aromatic rings. The predicted molar refractivity (Wildman–Crippen MR) is 49.9 cm³/mol. The Morgan fingerprint density at radius 2 is 2.25 bits per heavy atom. The molecule has 0 aromatic heterocycles. The molecule has 2 heteroatoms. The number of unbranched alkanes of at least 4 members (excludes halogenated alkanes) is 2. The van der Waals surface area contributed by atoms with E-state index in [1.807, 2.05) is 6.92 Å². The van der Waals surface area contributed by atoms with Crippen molar-refractivity contribution in [2.75, 3.05) is 0 Å². The summed E-state index contributed by atoms with van der Waals surface area (Å²) in [5.74, 6) is 0.494. The molecule has 1 rings (SSSR count). The van der Waals surface area contributed by atoms with E-state index < -0.39 is 0 Å². The molecule has 1 amide bonds. The van der Waals surface area contributed by atoms with Crippen LogP contribution in [0.4, 0.5) is 0 Å². The van der Waals surface area contributed by atoms with Crippen LogP contribution in [0.3, 0.4) is 0 Å². The molecule has 2 unspecified atom stereocenters. The molecule has 12 heavy (non-hydrogen) atoms. The maximum absolute atomic E-state index is 11.1. The van der Waals surface area contributed by atoms with Crippen molar-refractivity contribution in [1.82, 2.24) is 5.32 Å². The molecular formula is C10H19NO. The molecule has 1 heterocycles. The van der Waals surface area contributed by atoms with Gasteiger partial charge in [-0.05, 0) is 12.8 Å². The van der Waals surface area contributed by atoms with Crippen molar-refractivity contribution in [2.24, 2.45) is 5.92 Å². The van der Waals surface area contributed by atoms with Gasteiger partial charge in [0.25, 0.3) is 0 Å². The van der Waals surface area contributed by atoms with E-state index in [0.717, 1.165) is 6.42 Å². The van der Waals surface area contributed by atoms with Crippen LogP contribution in [0.25, 0.3) is 0 Å². The average molecular weight is 169 g/mol. The third-order valence-electron chi connectivity index (χ3n) is 2.59. The summed E-state index contributed by atoms with van der Waals surface area (Å²) in [6.07, 6.45) is 6.03. The smallest absolute Gasteiger partial charge is 0.223 e. The van der Waals surface area contributed by atoms with Gasteiger partial charge in [-0.25, -0.2) is 0 Å². The van der Waals surface area contributed by atoms with Gasteiger partial charge in [0.05, 0.1) is 0 Å². The monoisotopic (exact) mass is 169 g/mol. The zero-order valence-electron chi connectivity index (χ0n) is 8.10. The van der Waals surface area contributed by atoms with Crippen molar-refractivity contribution in [3.8, 4) is 0 Å². The molecule has 1 aliphatic heterocycles. The molecule has 0 bridgehead atoms. The number of rotatable bonds is 4. The highest BCUT2D eigenvalue weighted by atomic mass is 16.2. The highest BCUT2D eigenvalue weighted by molar-refractivity contribution is 5.80. The Morgan fingerprint density at radius 3 is 2.75 bits per heavy atom. The minimum absolute atomic E-state index is 0.247. The van der Waals surface area contributed by atoms with E-state index in [2.05, 4.69) is 12.2 Å². The molecule has 2 atom stereocenters. The van der Waals surface area contributed by atoms with Crippen LogP contribution in [0, 0.1) is 5.92 Å². The summed E-state index contributed by atoms with van der Waals surface area (Å²) < 4.78 is 0. The molecule has 2 nitrogen and oxygen atoms in total. The number of carbonyl (C=O) groups excluding carboxylic acids is 1. The fourth-order valence-electron chi connectivity index (χ4n) is 1.77. The van der Waals surface area contributed by atoms with Crippen molar-refractivity contribution >= 4 is 5.91 Å². The maximum atomic E-state index is 11.1. The van der Waals surface area contributed by atoms with E-state index in [1.165, 1.54) is 25.7 Å². The van der Waals surface area contributed by atoms with Crippen LogP contribution in [0.5, 0.6) is 0 Å². The fourth-order valence-corrected chi connectivity index (χ4v) is 1.77. The third-order valence-corrected chi connectivity index (χ3v) is 2.59. The van der Waals surface area contributed by atoms with E-state index in [-0.39, 0.29) is 11.8 Å². The molecule has 0 saturated carbocycles. The highest BCUT2D eigenvalue weighted by Gasteiger charge is 2.27. The van der Waals surface area contributed by atoms with Crippen LogP contribution in [-0.2, 0) is 4.79 Å². The van der Waals surface area contributed by atoms with Gasteiger partial charge in [-0.2, -0.15) is 0 Å². The Balaban J connectivity index is 2.14. The SMILES string of the molecule is CCCCCC1CC(C)C(=O)N1. The number of hydrogen-bond acceptors (Lipinski definition) is 1. The van der Waals surface area contributed by atoms with Crippen LogP contribution >= 0.6 is 0 Å². The van der Waals surface area contributed by atoms with E-state index >= 15 is 0 Å². The lowest BCUT2D eigenvalue weighted by atomic mass is 10.0. The minimum Gasteiger partial charge on any atom is -0.353 e. The molecule has 70 valence electrons. The first-order chi connectivity index (χ1) is 5.74. The zero-order chi connectivity index (χ0) is 8.97. The van der Waals surface area contributed by atoms with Crippen molar-refractivity contribution in [3.05, 3.63) is 0 Å². The van der Waals surface area contributed by atoms with E-state index in [1.54, 1.807) is 0 Å². The van der Waals surface area contributed by atoms with Crippen molar-refractivity contribution in [2.45, 2.75) is 52.0 Å². The summed E-state index contributed by atoms with van der Waals surface area (Å²) in [6, 6.07) is 0.471. The molecule has 1 aliphatic rings. The van der Waals surface area contributed by atoms with Gasteiger partial charge in [-0.15, -0.1) is 0 Å². The second kappa shape index (κ2) is 4.48. The van der Waals surface area contributed by atoms with Crippen LogP contribution in [0.1, 0.15) is 46.0 Å². The molecule has 1 saturated heterocycles. The van der Waals surface area contributed by atoms with Gasteiger partial charge in [0.2, 0.25) is 5.91 Å². The van der Waals surface area contributed by atoms with Gasteiger partial charge in [0.15, 0.2) is 0 Å². The summed E-state index contributed by atoms with van der Waals surface area (Å²) in [7, 11) is 0. The topological polar surface area (TPSA) is 29.1 Å². The van der Waals surface area contributed by atoms with Gasteiger partial charge in [-0.3, -0.25) is 4.79 Å². The number of carbonyl (C=O) groups is 1. The Labute approximate surface area is 74.7 Å². The van der Waals surface area contributed by atoms with E-state index in [0.29, 0.717) is 6.04 Å². The van der Waals surface area contributed by atoms with Crippen LogP contribution in [-0.4, -0.2) is 11.9 Å². The first-order valence-electron chi connectivity index (χ1n) is 5.04. The molecule has 0 aromatic carbocycles. The lowest BCUT2D eigenvalue weighted by Gasteiger charge is -2.07. The number of hydrogen-bond donors (Lipinski definition) is 1. The third kappa shape index (κ3) is 2.50. The van der Waals surface area contributed by atoms with Crippen LogP contribution in [0.2, 0.25) is 0 Å². The van der Waals surface area contributed by atoms with E-state index in [9.17, 15) is 4.79 Å². The van der Waals surface area contributed by atoms with Crippen molar-refractivity contribution < 1.29 is 4.79 Å². The van der Waals surface area contributed by atoms with E-state index in [4.69, 9.17) is 0 Å². The molecule has 1 fully saturated rings. The zero-order valence-corrected chi connectivity index (χ0v) is 8.10. The van der Waals surface area contributed by atoms with Gasteiger partial charge in [0, 0.05) is 12.0 Å². The molecule has 0 radical (unpaired) electrons. The largest absolute Gasteiger partial charge is 0.353 e. The maximum Gasteiger partial charge on any atom is 0.223 e. The number of nitrogens with one attached hydrogen (secondary N) is 1. The minimum atomic E-state index is 0.247. The summed E-state index contributed by atoms with van der Waals surface area (Å²) in [4.78, 5) is 11.1. The first kappa shape index (κ1) is 9.56. The second-order valence-corrected chi connectivity index (χ2v) is 3.84. The van der Waals surface area contributed by atoms with Gasteiger partial charge >= 0.3 is 0 Å². The highest BCUT2D eigenvalue weighted by Crippen LogP contribution is 2.18. The summed E-state index contributed by atoms with van der Waals surface area (Å²) in [5, 5.41) is 3.02.